The van der Waals surface area contributed by atoms with Gasteiger partial charge in [-0.3, -0.25) is 24.1 Å². The molecule has 0 aromatic heterocycles. The second-order valence-electron chi connectivity index (χ2n) is 5.75. The van der Waals surface area contributed by atoms with Crippen molar-refractivity contribution in [2.24, 2.45) is 0 Å². The van der Waals surface area contributed by atoms with Crippen molar-refractivity contribution in [1.82, 2.24) is 15.1 Å². The Morgan fingerprint density at radius 1 is 1.21 bits per heavy atom. The molecule has 2 heterocycles. The number of fused-ring (bicyclic) bond motifs is 1. The predicted octanol–water partition coefficient (Wildman–Crippen LogP) is -0.744. The molecule has 1 N–H and O–H groups in total. The number of likely N-dealkylation sites (N-methyl/N-ethyl adjacent to an activating group) is 1. The lowest BCUT2D eigenvalue weighted by molar-refractivity contribution is -0.146. The van der Waals surface area contributed by atoms with Gasteiger partial charge in [-0.2, -0.15) is 0 Å². The normalized spacial score (nSPS) is 20.4. The Hall–Kier alpha value is -2.74. The van der Waals surface area contributed by atoms with Crippen LogP contribution in [0.2, 0.25) is 0 Å². The van der Waals surface area contributed by atoms with E-state index < -0.39 is 17.7 Å². The second kappa shape index (κ2) is 6.40. The first-order chi connectivity index (χ1) is 11.5. The van der Waals surface area contributed by atoms with Crippen LogP contribution in [0.25, 0.3) is 0 Å². The molecule has 8 nitrogen and oxygen atoms in total. The molecule has 8 heteroatoms. The van der Waals surface area contributed by atoms with Crippen molar-refractivity contribution >= 4 is 23.6 Å². The van der Waals surface area contributed by atoms with Crippen LogP contribution in [0.3, 0.4) is 0 Å². The van der Waals surface area contributed by atoms with Gasteiger partial charge < -0.3 is 15.0 Å². The molecule has 0 saturated carbocycles. The molecule has 1 atom stereocenters. The Kier molecular flexibility index (Phi) is 4.30. The first kappa shape index (κ1) is 16.1. The summed E-state index contributed by atoms with van der Waals surface area (Å²) in [6.07, 6.45) is -0.307. The lowest BCUT2D eigenvalue weighted by Gasteiger charge is -2.30. The van der Waals surface area contributed by atoms with Gasteiger partial charge >= 0.3 is 0 Å². The third-order valence-electron chi connectivity index (χ3n) is 4.05. The van der Waals surface area contributed by atoms with Crippen molar-refractivity contribution in [2.75, 3.05) is 33.3 Å². The van der Waals surface area contributed by atoms with Gasteiger partial charge in [-0.1, -0.05) is 12.1 Å². The van der Waals surface area contributed by atoms with Crippen LogP contribution in [-0.2, 0) is 14.3 Å². The summed E-state index contributed by atoms with van der Waals surface area (Å²) in [6.45, 7) is 0.231. The van der Waals surface area contributed by atoms with Crippen LogP contribution in [0.15, 0.2) is 24.3 Å². The molecule has 2 aliphatic heterocycles. The van der Waals surface area contributed by atoms with E-state index in [1.54, 1.807) is 31.3 Å². The van der Waals surface area contributed by atoms with Crippen LogP contribution in [0.5, 0.6) is 0 Å². The van der Waals surface area contributed by atoms with E-state index in [1.165, 1.54) is 4.90 Å². The molecule has 0 spiro atoms. The highest BCUT2D eigenvalue weighted by Gasteiger charge is 2.36. The van der Waals surface area contributed by atoms with E-state index >= 15 is 0 Å². The van der Waals surface area contributed by atoms with Gasteiger partial charge in [0.25, 0.3) is 11.8 Å². The Balaban J connectivity index is 1.54. The summed E-state index contributed by atoms with van der Waals surface area (Å²) in [5.74, 6) is -1.49. The first-order valence-electron chi connectivity index (χ1n) is 7.55. The van der Waals surface area contributed by atoms with Gasteiger partial charge in [0.15, 0.2) is 0 Å². The summed E-state index contributed by atoms with van der Waals surface area (Å²) in [5, 5.41) is 2.63. The third-order valence-corrected chi connectivity index (χ3v) is 4.05. The molecule has 1 aromatic carbocycles. The molecule has 126 valence electrons. The predicted molar refractivity (Wildman–Crippen MR) is 82.2 cm³/mol. The Morgan fingerprint density at radius 3 is 2.42 bits per heavy atom. The van der Waals surface area contributed by atoms with Crippen LogP contribution in [0, 0.1) is 0 Å². The number of nitrogens with one attached hydrogen (secondary N) is 1. The van der Waals surface area contributed by atoms with E-state index in [9.17, 15) is 19.2 Å². The summed E-state index contributed by atoms with van der Waals surface area (Å²) < 4.78 is 5.32. The minimum absolute atomic E-state index is 0.0184. The van der Waals surface area contributed by atoms with Crippen LogP contribution < -0.4 is 5.32 Å². The second-order valence-corrected chi connectivity index (χ2v) is 5.75. The highest BCUT2D eigenvalue weighted by atomic mass is 16.5. The zero-order valence-electron chi connectivity index (χ0n) is 13.2. The molecule has 24 heavy (non-hydrogen) atoms. The first-order valence-corrected chi connectivity index (χ1v) is 7.55. The summed E-state index contributed by atoms with van der Waals surface area (Å²) >= 11 is 0. The maximum Gasteiger partial charge on any atom is 0.262 e. The van der Waals surface area contributed by atoms with Crippen molar-refractivity contribution in [3.63, 3.8) is 0 Å². The fourth-order valence-electron chi connectivity index (χ4n) is 2.69. The molecule has 2 aliphatic rings. The van der Waals surface area contributed by atoms with E-state index in [0.717, 1.165) is 4.90 Å². The fraction of sp³-hybridized carbons (Fsp3) is 0.375. The van der Waals surface area contributed by atoms with Crippen molar-refractivity contribution in [3.8, 4) is 0 Å². The van der Waals surface area contributed by atoms with Crippen LogP contribution >= 0.6 is 0 Å². The highest BCUT2D eigenvalue weighted by molar-refractivity contribution is 6.22. The quantitative estimate of drug-likeness (QED) is 0.733. The number of carbonyl (C=O) groups excluding carboxylic acids is 4. The smallest absolute Gasteiger partial charge is 0.262 e. The third kappa shape index (κ3) is 3.00. The molecule has 0 aliphatic carbocycles. The number of carbonyl (C=O) groups is 4. The van der Waals surface area contributed by atoms with E-state index in [4.69, 9.17) is 4.74 Å². The van der Waals surface area contributed by atoms with E-state index in [-0.39, 0.29) is 31.7 Å². The SMILES string of the molecule is CN1CC(CNC(=O)CN2C(=O)c3ccccc3C2=O)OCC1=O. The van der Waals surface area contributed by atoms with Crippen LogP contribution in [0.4, 0.5) is 0 Å². The maximum atomic E-state index is 12.2. The number of ether oxygens (including phenoxy) is 1. The van der Waals surface area contributed by atoms with Gasteiger partial charge in [0.05, 0.1) is 17.2 Å². The van der Waals surface area contributed by atoms with Crippen molar-refractivity contribution in [3.05, 3.63) is 35.4 Å². The van der Waals surface area contributed by atoms with E-state index in [2.05, 4.69) is 5.32 Å². The minimum atomic E-state index is -0.468. The average molecular weight is 331 g/mol. The Labute approximate surface area is 138 Å². The number of morpholine rings is 1. The number of rotatable bonds is 4. The van der Waals surface area contributed by atoms with Gasteiger partial charge in [0.1, 0.15) is 13.2 Å². The molecule has 0 bridgehead atoms. The number of imide groups is 1. The molecule has 1 unspecified atom stereocenters. The average Bonchev–Trinajstić information content (AvgIpc) is 2.81. The van der Waals surface area contributed by atoms with E-state index in [0.29, 0.717) is 17.7 Å². The van der Waals surface area contributed by atoms with Gasteiger partial charge in [-0.25, -0.2) is 0 Å². The molecular formula is C16H17N3O5. The van der Waals surface area contributed by atoms with Crippen molar-refractivity contribution in [2.45, 2.75) is 6.10 Å². The van der Waals surface area contributed by atoms with Gasteiger partial charge in [-0.05, 0) is 12.1 Å². The topological polar surface area (TPSA) is 96.0 Å². The van der Waals surface area contributed by atoms with Crippen LogP contribution in [0.1, 0.15) is 20.7 Å². The van der Waals surface area contributed by atoms with Crippen molar-refractivity contribution < 1.29 is 23.9 Å². The fourth-order valence-corrected chi connectivity index (χ4v) is 2.69. The number of hydrogen-bond donors (Lipinski definition) is 1. The molecular weight excluding hydrogens is 314 g/mol. The molecule has 1 fully saturated rings. The number of benzene rings is 1. The summed E-state index contributed by atoms with van der Waals surface area (Å²) in [5.41, 5.74) is 0.622. The summed E-state index contributed by atoms with van der Waals surface area (Å²) in [7, 11) is 1.67. The molecule has 3 rings (SSSR count). The largest absolute Gasteiger partial charge is 0.365 e. The maximum absolute atomic E-state index is 12.2. The summed E-state index contributed by atoms with van der Waals surface area (Å²) in [4.78, 5) is 50.2. The standard InChI is InChI=1S/C16H17N3O5/c1-18-7-10(24-9-14(18)21)6-17-13(20)8-19-15(22)11-4-2-3-5-12(11)16(19)23/h2-5,10H,6-9H2,1H3,(H,17,20). The highest BCUT2D eigenvalue weighted by Crippen LogP contribution is 2.21. The van der Waals surface area contributed by atoms with E-state index in [1.807, 2.05) is 0 Å². The zero-order valence-corrected chi connectivity index (χ0v) is 13.2. The summed E-state index contributed by atoms with van der Waals surface area (Å²) in [6, 6.07) is 6.48. The molecule has 1 aromatic rings. The molecule has 4 amide bonds. The monoisotopic (exact) mass is 331 g/mol. The van der Waals surface area contributed by atoms with Gasteiger partial charge in [0, 0.05) is 20.1 Å². The molecule has 1 saturated heterocycles. The number of hydrogen-bond acceptors (Lipinski definition) is 5. The number of nitrogens with zero attached hydrogens (tertiary/aromatic N) is 2. The Morgan fingerprint density at radius 2 is 1.83 bits per heavy atom. The van der Waals surface area contributed by atoms with Gasteiger partial charge in [0.2, 0.25) is 11.8 Å². The van der Waals surface area contributed by atoms with Crippen molar-refractivity contribution in [1.29, 1.82) is 0 Å². The van der Waals surface area contributed by atoms with Gasteiger partial charge in [-0.15, -0.1) is 0 Å². The zero-order chi connectivity index (χ0) is 17.3. The lowest BCUT2D eigenvalue weighted by atomic mass is 10.1. The molecule has 0 radical (unpaired) electrons. The number of amides is 4. The lowest BCUT2D eigenvalue weighted by Crippen LogP contribution is -2.50. The van der Waals surface area contributed by atoms with Crippen LogP contribution in [-0.4, -0.2) is 72.8 Å². The minimum Gasteiger partial charge on any atom is -0.365 e. The Bertz CT molecular complexity index is 682.